The smallest absolute Gasteiger partial charge is 0.344 e. The Kier molecular flexibility index (Phi) is 4.93. The van der Waals surface area contributed by atoms with Gasteiger partial charge in [-0.05, 0) is 19.1 Å². The average Bonchev–Trinajstić information content (AvgIpc) is 2.27. The molecule has 1 rings (SSSR count). The van der Waals surface area contributed by atoms with Gasteiger partial charge in [-0.15, -0.1) is 0 Å². The van der Waals surface area contributed by atoms with Gasteiger partial charge < -0.3 is 14.2 Å². The maximum atomic E-state index is 11.1. The molecule has 0 N–H and O–H groups in total. The number of aromatic nitrogens is 1. The Morgan fingerprint density at radius 3 is 2.82 bits per heavy atom. The summed E-state index contributed by atoms with van der Waals surface area (Å²) in [7, 11) is 0. The lowest BCUT2D eigenvalue weighted by Crippen LogP contribution is -2.15. The molecule has 17 heavy (non-hydrogen) atoms. The van der Waals surface area contributed by atoms with E-state index in [1.807, 2.05) is 0 Å². The molecule has 0 aliphatic heterocycles. The molecule has 0 spiro atoms. The second-order valence-corrected chi connectivity index (χ2v) is 2.99. The third-order valence-electron chi connectivity index (χ3n) is 1.62. The molecular formula is C11H13NO5. The zero-order valence-electron chi connectivity index (χ0n) is 9.63. The Morgan fingerprint density at radius 2 is 2.18 bits per heavy atom. The summed E-state index contributed by atoms with van der Waals surface area (Å²) >= 11 is 0. The molecule has 0 saturated heterocycles. The van der Waals surface area contributed by atoms with E-state index in [2.05, 4.69) is 9.72 Å². The predicted molar refractivity (Wildman–Crippen MR) is 57.7 cm³/mol. The number of ether oxygens (including phenoxy) is 3. The molecule has 6 heteroatoms. The molecule has 0 amide bonds. The van der Waals surface area contributed by atoms with Crippen molar-refractivity contribution in [3.63, 3.8) is 0 Å². The van der Waals surface area contributed by atoms with E-state index in [1.54, 1.807) is 13.0 Å². The first-order valence-electron chi connectivity index (χ1n) is 5.05. The van der Waals surface area contributed by atoms with E-state index >= 15 is 0 Å². The van der Waals surface area contributed by atoms with Gasteiger partial charge in [-0.3, -0.25) is 4.79 Å². The first kappa shape index (κ1) is 13.0. The van der Waals surface area contributed by atoms with Gasteiger partial charge in [0, 0.05) is 13.1 Å². The molecule has 0 fully saturated rings. The molecule has 0 aromatic carbocycles. The largest absolute Gasteiger partial charge is 0.463 e. The van der Waals surface area contributed by atoms with Gasteiger partial charge in [0.05, 0.1) is 6.61 Å². The predicted octanol–water partition coefficient (Wildman–Crippen LogP) is 0.949. The van der Waals surface area contributed by atoms with Gasteiger partial charge in [0.1, 0.15) is 0 Å². The van der Waals surface area contributed by atoms with Gasteiger partial charge in [-0.25, -0.2) is 9.78 Å². The Balaban J connectivity index is 2.63. The third-order valence-corrected chi connectivity index (χ3v) is 1.62. The number of carbonyl (C=O) groups is 2. The van der Waals surface area contributed by atoms with Crippen LogP contribution >= 0.6 is 0 Å². The Hall–Kier alpha value is -2.11. The van der Waals surface area contributed by atoms with Crippen molar-refractivity contribution >= 4 is 11.9 Å². The van der Waals surface area contributed by atoms with Gasteiger partial charge in [-0.2, -0.15) is 0 Å². The van der Waals surface area contributed by atoms with Crippen LogP contribution in [0.3, 0.4) is 0 Å². The van der Waals surface area contributed by atoms with Gasteiger partial charge >= 0.3 is 11.9 Å². The summed E-state index contributed by atoms with van der Waals surface area (Å²) in [5.74, 6) is -0.744. The summed E-state index contributed by atoms with van der Waals surface area (Å²) in [6.45, 7) is 2.96. The maximum absolute atomic E-state index is 11.1. The van der Waals surface area contributed by atoms with Gasteiger partial charge in [-0.1, -0.05) is 0 Å². The van der Waals surface area contributed by atoms with Crippen molar-refractivity contribution in [1.29, 1.82) is 0 Å². The van der Waals surface area contributed by atoms with E-state index in [4.69, 9.17) is 9.47 Å². The number of esters is 2. The molecule has 0 radical (unpaired) electrons. The van der Waals surface area contributed by atoms with Crippen molar-refractivity contribution < 1.29 is 23.8 Å². The molecule has 92 valence electrons. The quantitative estimate of drug-likeness (QED) is 0.712. The highest BCUT2D eigenvalue weighted by atomic mass is 16.6. The van der Waals surface area contributed by atoms with Crippen molar-refractivity contribution in [1.82, 2.24) is 4.98 Å². The lowest BCUT2D eigenvalue weighted by molar-refractivity contribution is -0.145. The summed E-state index contributed by atoms with van der Waals surface area (Å²) in [5, 5.41) is 0. The minimum Gasteiger partial charge on any atom is -0.463 e. The molecule has 0 bridgehead atoms. The monoisotopic (exact) mass is 239 g/mol. The van der Waals surface area contributed by atoms with Crippen LogP contribution in [0.15, 0.2) is 18.3 Å². The maximum Gasteiger partial charge on any atom is 0.344 e. The molecule has 0 atom stereocenters. The summed E-state index contributed by atoms with van der Waals surface area (Å²) in [6, 6.07) is 3.12. The fourth-order valence-corrected chi connectivity index (χ4v) is 1.05. The fourth-order valence-electron chi connectivity index (χ4n) is 1.05. The molecule has 0 aliphatic carbocycles. The Morgan fingerprint density at radius 1 is 1.41 bits per heavy atom. The van der Waals surface area contributed by atoms with Crippen LogP contribution in [0.4, 0.5) is 0 Å². The van der Waals surface area contributed by atoms with Crippen LogP contribution in [0, 0.1) is 0 Å². The normalized spacial score (nSPS) is 9.53. The first-order chi connectivity index (χ1) is 8.13. The minimum absolute atomic E-state index is 0.0794. The minimum atomic E-state index is -0.507. The molecule has 0 saturated carbocycles. The van der Waals surface area contributed by atoms with E-state index in [-0.39, 0.29) is 24.8 Å². The number of nitrogens with zero attached hydrogens (tertiary/aromatic N) is 1. The SMILES string of the molecule is CCOC(=O)COc1ncccc1OC(C)=O. The van der Waals surface area contributed by atoms with Gasteiger partial charge in [0.25, 0.3) is 5.88 Å². The molecule has 6 nitrogen and oxygen atoms in total. The van der Waals surface area contributed by atoms with Crippen molar-refractivity contribution in [2.45, 2.75) is 13.8 Å². The van der Waals surface area contributed by atoms with E-state index in [9.17, 15) is 9.59 Å². The summed E-state index contributed by atoms with van der Waals surface area (Å²) in [6.07, 6.45) is 1.47. The Labute approximate surface area is 98.5 Å². The number of carbonyl (C=O) groups excluding carboxylic acids is 2. The van der Waals surface area contributed by atoms with Crippen molar-refractivity contribution in [3.05, 3.63) is 18.3 Å². The lowest BCUT2D eigenvalue weighted by Gasteiger charge is -2.08. The molecular weight excluding hydrogens is 226 g/mol. The van der Waals surface area contributed by atoms with Gasteiger partial charge in [0.2, 0.25) is 0 Å². The van der Waals surface area contributed by atoms with E-state index < -0.39 is 11.9 Å². The van der Waals surface area contributed by atoms with Crippen molar-refractivity contribution in [2.75, 3.05) is 13.2 Å². The summed E-state index contributed by atoms with van der Waals surface area (Å²) in [4.78, 5) is 25.7. The Bertz CT molecular complexity index is 405. The second-order valence-electron chi connectivity index (χ2n) is 2.99. The highest BCUT2D eigenvalue weighted by molar-refractivity contribution is 5.72. The van der Waals surface area contributed by atoms with Crippen molar-refractivity contribution in [3.8, 4) is 11.6 Å². The summed E-state index contributed by atoms with van der Waals surface area (Å²) in [5.41, 5.74) is 0. The zero-order valence-corrected chi connectivity index (χ0v) is 9.63. The number of pyridine rings is 1. The molecule has 0 aliphatic rings. The molecule has 1 aromatic heterocycles. The average molecular weight is 239 g/mol. The number of hydrogen-bond acceptors (Lipinski definition) is 6. The van der Waals surface area contributed by atoms with Gasteiger partial charge in [0.15, 0.2) is 12.4 Å². The van der Waals surface area contributed by atoms with Crippen LogP contribution in [-0.4, -0.2) is 30.1 Å². The van der Waals surface area contributed by atoms with E-state index in [1.165, 1.54) is 19.2 Å². The number of hydrogen-bond donors (Lipinski definition) is 0. The van der Waals surface area contributed by atoms with Crippen LogP contribution in [0.5, 0.6) is 11.6 Å². The lowest BCUT2D eigenvalue weighted by atomic mass is 10.4. The molecule has 1 heterocycles. The topological polar surface area (TPSA) is 74.7 Å². The van der Waals surface area contributed by atoms with Crippen molar-refractivity contribution in [2.24, 2.45) is 0 Å². The highest BCUT2D eigenvalue weighted by Crippen LogP contribution is 2.23. The second kappa shape index (κ2) is 6.47. The van der Waals surface area contributed by atoms with E-state index in [0.29, 0.717) is 0 Å². The van der Waals surface area contributed by atoms with Crippen LogP contribution in [0.1, 0.15) is 13.8 Å². The van der Waals surface area contributed by atoms with Crippen LogP contribution in [0.2, 0.25) is 0 Å². The van der Waals surface area contributed by atoms with Crippen LogP contribution < -0.4 is 9.47 Å². The summed E-state index contributed by atoms with van der Waals surface area (Å²) < 4.78 is 14.6. The number of rotatable bonds is 5. The molecule has 1 aromatic rings. The fraction of sp³-hybridized carbons (Fsp3) is 0.364. The van der Waals surface area contributed by atoms with Crippen LogP contribution in [-0.2, 0) is 14.3 Å². The van der Waals surface area contributed by atoms with Crippen LogP contribution in [0.25, 0.3) is 0 Å². The standard InChI is InChI=1S/C11H13NO5/c1-3-15-10(14)7-16-11-9(17-8(2)13)5-4-6-12-11/h4-6H,3,7H2,1-2H3. The molecule has 0 unspecified atom stereocenters. The van der Waals surface area contributed by atoms with E-state index in [0.717, 1.165) is 0 Å². The highest BCUT2D eigenvalue weighted by Gasteiger charge is 2.10. The first-order valence-corrected chi connectivity index (χ1v) is 5.05. The zero-order chi connectivity index (χ0) is 12.7. The third kappa shape index (κ3) is 4.50.